The van der Waals surface area contributed by atoms with Gasteiger partial charge in [0.2, 0.25) is 11.8 Å². The molecule has 1 aromatic carbocycles. The first kappa shape index (κ1) is 19.4. The van der Waals surface area contributed by atoms with Crippen LogP contribution in [-0.4, -0.2) is 34.6 Å². The van der Waals surface area contributed by atoms with Gasteiger partial charge < -0.3 is 10.2 Å². The van der Waals surface area contributed by atoms with E-state index in [2.05, 4.69) is 15.3 Å². The quantitative estimate of drug-likeness (QED) is 0.609. The van der Waals surface area contributed by atoms with Gasteiger partial charge >= 0.3 is 0 Å². The molecule has 0 saturated carbocycles. The van der Waals surface area contributed by atoms with Gasteiger partial charge in [-0.2, -0.15) is 0 Å². The summed E-state index contributed by atoms with van der Waals surface area (Å²) >= 11 is 1.51. The molecule has 27 heavy (non-hydrogen) atoms. The molecule has 1 aliphatic rings. The van der Waals surface area contributed by atoms with Gasteiger partial charge in [0.25, 0.3) is 0 Å². The summed E-state index contributed by atoms with van der Waals surface area (Å²) in [5.41, 5.74) is 4.31. The highest BCUT2D eigenvalue weighted by Crippen LogP contribution is 2.29. The Morgan fingerprint density at radius 3 is 2.56 bits per heavy atom. The molecule has 0 radical (unpaired) electrons. The molecule has 1 saturated heterocycles. The summed E-state index contributed by atoms with van der Waals surface area (Å²) < 4.78 is 0. The maximum atomic E-state index is 12.5. The van der Waals surface area contributed by atoms with Gasteiger partial charge in [0.05, 0.1) is 11.4 Å². The number of benzene rings is 1. The first-order chi connectivity index (χ1) is 13.0. The zero-order valence-corrected chi connectivity index (χ0v) is 16.7. The van der Waals surface area contributed by atoms with E-state index in [1.54, 1.807) is 4.90 Å². The summed E-state index contributed by atoms with van der Waals surface area (Å²) in [5, 5.41) is 3.71. The van der Waals surface area contributed by atoms with Gasteiger partial charge in [0.15, 0.2) is 5.16 Å². The molecule has 2 amide bonds. The summed E-state index contributed by atoms with van der Waals surface area (Å²) in [6.45, 7) is 4.61. The number of anilines is 2. The molecule has 7 heteroatoms. The van der Waals surface area contributed by atoms with Crippen molar-refractivity contribution >= 4 is 35.0 Å². The van der Waals surface area contributed by atoms with Crippen molar-refractivity contribution in [3.63, 3.8) is 0 Å². The Morgan fingerprint density at radius 2 is 1.93 bits per heavy atom. The number of nitrogens with zero attached hydrogens (tertiary/aromatic N) is 3. The Labute approximate surface area is 163 Å². The van der Waals surface area contributed by atoms with E-state index < -0.39 is 0 Å². The van der Waals surface area contributed by atoms with Crippen LogP contribution in [0.2, 0.25) is 0 Å². The number of nitrogens with one attached hydrogen (secondary N) is 1. The van der Waals surface area contributed by atoms with E-state index >= 15 is 0 Å². The lowest BCUT2D eigenvalue weighted by Crippen LogP contribution is -2.25. The van der Waals surface area contributed by atoms with Crippen LogP contribution in [0.3, 0.4) is 0 Å². The summed E-state index contributed by atoms with van der Waals surface area (Å²) in [6.07, 6.45) is 4.29. The van der Waals surface area contributed by atoms with E-state index in [9.17, 15) is 9.59 Å². The lowest BCUT2D eigenvalue weighted by atomic mass is 10.1. The number of carbonyl (C=O) groups is 2. The van der Waals surface area contributed by atoms with Crippen LogP contribution in [0.4, 0.5) is 11.4 Å². The van der Waals surface area contributed by atoms with E-state index in [1.165, 1.54) is 11.8 Å². The first-order valence-electron chi connectivity index (χ1n) is 9.07. The van der Waals surface area contributed by atoms with Crippen LogP contribution in [0.15, 0.2) is 29.4 Å². The van der Waals surface area contributed by atoms with Crippen molar-refractivity contribution in [3.05, 3.63) is 41.2 Å². The first-order valence-corrected chi connectivity index (χ1v) is 10.3. The van der Waals surface area contributed by atoms with E-state index in [0.29, 0.717) is 31.5 Å². The Morgan fingerprint density at radius 1 is 1.22 bits per heavy atom. The summed E-state index contributed by atoms with van der Waals surface area (Å²) in [4.78, 5) is 35.2. The standard InChI is InChI=1S/C20H24N4O2S/c1-13-15(14(2)22-20(21-13)27-3)10-11-18(25)23-16-7-4-5-8-17(16)24-12-6-9-19(24)26/h4-5,7-8H,6,9-12H2,1-3H3,(H,23,25). The minimum atomic E-state index is -0.0816. The van der Waals surface area contributed by atoms with Crippen molar-refractivity contribution in [2.75, 3.05) is 23.0 Å². The average Bonchev–Trinajstić information content (AvgIpc) is 3.07. The number of hydrogen-bond acceptors (Lipinski definition) is 5. The molecule has 0 spiro atoms. The number of carbonyl (C=O) groups excluding carboxylic acids is 2. The molecule has 2 heterocycles. The lowest BCUT2D eigenvalue weighted by Gasteiger charge is -2.20. The van der Waals surface area contributed by atoms with E-state index in [4.69, 9.17) is 0 Å². The summed E-state index contributed by atoms with van der Waals surface area (Å²) in [5.74, 6) is 0.0239. The number of aromatic nitrogens is 2. The molecular weight excluding hydrogens is 360 g/mol. The van der Waals surface area contributed by atoms with Gasteiger partial charge in [0, 0.05) is 30.8 Å². The average molecular weight is 385 g/mol. The molecule has 142 valence electrons. The molecule has 2 aromatic rings. The van der Waals surface area contributed by atoms with Crippen molar-refractivity contribution in [1.29, 1.82) is 0 Å². The fraction of sp³-hybridized carbons (Fsp3) is 0.400. The monoisotopic (exact) mass is 384 g/mol. The zero-order chi connectivity index (χ0) is 19.4. The van der Waals surface area contributed by atoms with Crippen molar-refractivity contribution in [1.82, 2.24) is 9.97 Å². The number of thioether (sulfide) groups is 1. The van der Waals surface area contributed by atoms with E-state index in [0.717, 1.165) is 34.2 Å². The molecule has 0 aliphatic carbocycles. The largest absolute Gasteiger partial charge is 0.324 e. The summed E-state index contributed by atoms with van der Waals surface area (Å²) in [6, 6.07) is 7.46. The van der Waals surface area contributed by atoms with Crippen molar-refractivity contribution < 1.29 is 9.59 Å². The van der Waals surface area contributed by atoms with Crippen LogP contribution in [0.5, 0.6) is 0 Å². The van der Waals surface area contributed by atoms with Crippen LogP contribution in [-0.2, 0) is 16.0 Å². The second-order valence-corrected chi connectivity index (χ2v) is 7.35. The molecule has 0 unspecified atom stereocenters. The fourth-order valence-electron chi connectivity index (χ4n) is 3.33. The number of para-hydroxylation sites is 2. The highest BCUT2D eigenvalue weighted by molar-refractivity contribution is 7.98. The smallest absolute Gasteiger partial charge is 0.227 e. The number of hydrogen-bond donors (Lipinski definition) is 1. The van der Waals surface area contributed by atoms with Crippen molar-refractivity contribution in [2.24, 2.45) is 0 Å². The summed E-state index contributed by atoms with van der Waals surface area (Å²) in [7, 11) is 0. The predicted molar refractivity (Wildman–Crippen MR) is 108 cm³/mol. The maximum Gasteiger partial charge on any atom is 0.227 e. The van der Waals surface area contributed by atoms with Gasteiger partial charge in [0.1, 0.15) is 0 Å². The van der Waals surface area contributed by atoms with E-state index in [1.807, 2.05) is 44.4 Å². The Hall–Kier alpha value is -2.41. The van der Waals surface area contributed by atoms with Crippen molar-refractivity contribution in [2.45, 2.75) is 44.7 Å². The van der Waals surface area contributed by atoms with Gasteiger partial charge in [-0.05, 0) is 50.6 Å². The second kappa shape index (κ2) is 8.52. The Kier molecular flexibility index (Phi) is 6.11. The predicted octanol–water partition coefficient (Wildman–Crippen LogP) is 3.51. The van der Waals surface area contributed by atoms with E-state index in [-0.39, 0.29) is 11.8 Å². The third-order valence-corrected chi connectivity index (χ3v) is 5.27. The van der Waals surface area contributed by atoms with Gasteiger partial charge in [-0.15, -0.1) is 0 Å². The molecule has 1 aliphatic heterocycles. The Bertz CT molecular complexity index is 846. The molecule has 1 fully saturated rings. The molecular formula is C20H24N4O2S. The zero-order valence-electron chi connectivity index (χ0n) is 15.9. The van der Waals surface area contributed by atoms with Crippen LogP contribution in [0.1, 0.15) is 36.2 Å². The highest BCUT2D eigenvalue weighted by Gasteiger charge is 2.24. The third-order valence-electron chi connectivity index (χ3n) is 4.73. The van der Waals surface area contributed by atoms with Gasteiger partial charge in [-0.1, -0.05) is 23.9 Å². The lowest BCUT2D eigenvalue weighted by molar-refractivity contribution is -0.117. The minimum Gasteiger partial charge on any atom is -0.324 e. The SMILES string of the molecule is CSc1nc(C)c(CCC(=O)Nc2ccccc2N2CCCC2=O)c(C)n1. The number of rotatable bonds is 6. The third kappa shape index (κ3) is 4.47. The minimum absolute atomic E-state index is 0.0816. The molecule has 1 N–H and O–H groups in total. The van der Waals surface area contributed by atoms with Crippen molar-refractivity contribution in [3.8, 4) is 0 Å². The maximum absolute atomic E-state index is 12.5. The molecule has 6 nitrogen and oxygen atoms in total. The molecule has 3 rings (SSSR count). The molecule has 0 atom stereocenters. The fourth-order valence-corrected chi connectivity index (χ4v) is 3.79. The van der Waals surface area contributed by atoms with Crippen LogP contribution >= 0.6 is 11.8 Å². The van der Waals surface area contributed by atoms with Crippen LogP contribution < -0.4 is 10.2 Å². The van der Waals surface area contributed by atoms with Crippen LogP contribution in [0.25, 0.3) is 0 Å². The van der Waals surface area contributed by atoms with Gasteiger partial charge in [-0.25, -0.2) is 9.97 Å². The second-order valence-electron chi connectivity index (χ2n) is 6.57. The molecule has 0 bridgehead atoms. The molecule has 1 aromatic heterocycles. The number of aryl methyl sites for hydroxylation is 2. The van der Waals surface area contributed by atoms with Crippen LogP contribution in [0, 0.1) is 13.8 Å². The normalized spacial score (nSPS) is 13.9. The van der Waals surface area contributed by atoms with Gasteiger partial charge in [-0.3, -0.25) is 9.59 Å². The highest BCUT2D eigenvalue weighted by atomic mass is 32.2. The number of amides is 2. The Balaban J connectivity index is 1.68. The topological polar surface area (TPSA) is 75.2 Å².